The molecule has 0 aliphatic rings. The highest BCUT2D eigenvalue weighted by atomic mass is 16.3. The molecule has 0 saturated heterocycles. The minimum atomic E-state index is 0.156. The summed E-state index contributed by atoms with van der Waals surface area (Å²) >= 11 is 0. The van der Waals surface area contributed by atoms with Crippen LogP contribution < -0.4 is 10.6 Å². The fraction of sp³-hybridized carbons (Fsp3) is 0.231. The van der Waals surface area contributed by atoms with Gasteiger partial charge in [0.25, 0.3) is 5.95 Å². The van der Waals surface area contributed by atoms with Crippen molar-refractivity contribution in [3.63, 3.8) is 0 Å². The van der Waals surface area contributed by atoms with Crippen LogP contribution in [0.5, 0.6) is 0 Å². The highest BCUT2D eigenvalue weighted by Gasteiger charge is 2.14. The van der Waals surface area contributed by atoms with Gasteiger partial charge in [0.15, 0.2) is 0 Å². The summed E-state index contributed by atoms with van der Waals surface area (Å²) < 4.78 is 6.90. The molecular weight excluding hydrogens is 270 g/mol. The molecule has 3 rings (SSSR count). The molecule has 3 aromatic heterocycles. The zero-order chi connectivity index (χ0) is 14.7. The molecule has 3 heterocycles. The lowest BCUT2D eigenvalue weighted by molar-refractivity contribution is 0.501. The van der Waals surface area contributed by atoms with Gasteiger partial charge in [0.2, 0.25) is 11.9 Å². The van der Waals surface area contributed by atoms with Crippen LogP contribution in [0.15, 0.2) is 41.3 Å². The number of hydrogen-bond donors (Lipinski definition) is 1. The van der Waals surface area contributed by atoms with Gasteiger partial charge in [-0.25, -0.2) is 4.68 Å². The third kappa shape index (κ3) is 2.83. The summed E-state index contributed by atoms with van der Waals surface area (Å²) in [5.41, 5.74) is 5.78. The predicted molar refractivity (Wildman–Crippen MR) is 76.8 cm³/mol. The fourth-order valence-corrected chi connectivity index (χ4v) is 1.91. The van der Waals surface area contributed by atoms with Crippen molar-refractivity contribution in [1.29, 1.82) is 0 Å². The minimum absolute atomic E-state index is 0.156. The zero-order valence-electron chi connectivity index (χ0n) is 11.5. The van der Waals surface area contributed by atoms with E-state index < -0.39 is 0 Å². The van der Waals surface area contributed by atoms with Crippen LogP contribution in [-0.4, -0.2) is 31.3 Å². The second-order valence-electron chi connectivity index (χ2n) is 4.34. The van der Waals surface area contributed by atoms with Crippen LogP contribution >= 0.6 is 0 Å². The first-order valence-corrected chi connectivity index (χ1v) is 6.55. The molecule has 0 saturated carbocycles. The Hall–Kier alpha value is -2.90. The monoisotopic (exact) mass is 285 g/mol. The molecule has 0 spiro atoms. The van der Waals surface area contributed by atoms with Gasteiger partial charge in [-0.2, -0.15) is 20.1 Å². The summed E-state index contributed by atoms with van der Waals surface area (Å²) in [4.78, 5) is 14.6. The van der Waals surface area contributed by atoms with E-state index in [4.69, 9.17) is 10.2 Å². The second-order valence-corrected chi connectivity index (χ2v) is 4.34. The first kappa shape index (κ1) is 13.1. The summed E-state index contributed by atoms with van der Waals surface area (Å²) in [5.74, 6) is 1.87. The van der Waals surface area contributed by atoms with E-state index in [1.165, 1.54) is 0 Å². The third-order valence-corrected chi connectivity index (χ3v) is 2.93. The Labute approximate surface area is 121 Å². The van der Waals surface area contributed by atoms with Crippen molar-refractivity contribution in [1.82, 2.24) is 24.7 Å². The van der Waals surface area contributed by atoms with Crippen LogP contribution in [0.25, 0.3) is 5.95 Å². The predicted octanol–water partition coefficient (Wildman–Crippen LogP) is 1.26. The van der Waals surface area contributed by atoms with Crippen molar-refractivity contribution in [2.45, 2.75) is 13.5 Å². The van der Waals surface area contributed by atoms with Crippen molar-refractivity contribution in [2.24, 2.45) is 0 Å². The van der Waals surface area contributed by atoms with Gasteiger partial charge in [-0.1, -0.05) is 0 Å². The Balaban J connectivity index is 1.93. The molecule has 0 aliphatic carbocycles. The lowest BCUT2D eigenvalue weighted by atomic mass is 10.4. The number of nitrogens with zero attached hydrogens (tertiary/aromatic N) is 6. The van der Waals surface area contributed by atoms with Gasteiger partial charge in [0, 0.05) is 18.9 Å². The third-order valence-electron chi connectivity index (χ3n) is 2.93. The van der Waals surface area contributed by atoms with Crippen molar-refractivity contribution in [3.05, 3.63) is 42.6 Å². The van der Waals surface area contributed by atoms with E-state index in [0.29, 0.717) is 25.0 Å². The molecule has 0 aromatic carbocycles. The van der Waals surface area contributed by atoms with Crippen LogP contribution in [0.4, 0.5) is 11.9 Å². The summed E-state index contributed by atoms with van der Waals surface area (Å²) in [6.07, 6.45) is 5.04. The van der Waals surface area contributed by atoms with E-state index in [9.17, 15) is 0 Å². The SMILES string of the molecule is CCN(Cc1ccco1)c1nc(N)nc(-n2cccn2)n1. The summed E-state index contributed by atoms with van der Waals surface area (Å²) in [5, 5.41) is 4.10. The van der Waals surface area contributed by atoms with E-state index in [1.807, 2.05) is 24.0 Å². The van der Waals surface area contributed by atoms with Crippen molar-refractivity contribution in [3.8, 4) is 5.95 Å². The number of nitrogen functional groups attached to an aromatic ring is 1. The van der Waals surface area contributed by atoms with Gasteiger partial charge >= 0.3 is 0 Å². The summed E-state index contributed by atoms with van der Waals surface area (Å²) in [6.45, 7) is 3.28. The Morgan fingerprint density at radius 2 is 2.19 bits per heavy atom. The van der Waals surface area contributed by atoms with Crippen LogP contribution in [-0.2, 0) is 6.54 Å². The average Bonchev–Trinajstić information content (AvgIpc) is 3.17. The first-order valence-electron chi connectivity index (χ1n) is 6.55. The second kappa shape index (κ2) is 5.61. The lowest BCUT2D eigenvalue weighted by Gasteiger charge is -2.19. The molecule has 0 radical (unpaired) electrons. The zero-order valence-corrected chi connectivity index (χ0v) is 11.5. The van der Waals surface area contributed by atoms with Gasteiger partial charge in [0.1, 0.15) is 5.76 Å². The van der Waals surface area contributed by atoms with Gasteiger partial charge < -0.3 is 15.1 Å². The Morgan fingerprint density at radius 3 is 2.86 bits per heavy atom. The number of aromatic nitrogens is 5. The van der Waals surface area contributed by atoms with Crippen LogP contribution in [0.1, 0.15) is 12.7 Å². The van der Waals surface area contributed by atoms with Crippen LogP contribution in [0.2, 0.25) is 0 Å². The molecule has 0 bridgehead atoms. The molecule has 21 heavy (non-hydrogen) atoms. The number of rotatable bonds is 5. The molecule has 2 N–H and O–H groups in total. The smallest absolute Gasteiger partial charge is 0.257 e. The van der Waals surface area contributed by atoms with Crippen molar-refractivity contribution in [2.75, 3.05) is 17.2 Å². The van der Waals surface area contributed by atoms with Gasteiger partial charge in [-0.05, 0) is 25.1 Å². The summed E-state index contributed by atoms with van der Waals surface area (Å²) in [6, 6.07) is 5.54. The Bertz CT molecular complexity index is 693. The van der Waals surface area contributed by atoms with E-state index in [2.05, 4.69) is 20.1 Å². The van der Waals surface area contributed by atoms with E-state index in [-0.39, 0.29) is 5.95 Å². The molecule has 0 fully saturated rings. The molecule has 108 valence electrons. The fourth-order valence-electron chi connectivity index (χ4n) is 1.91. The molecule has 3 aromatic rings. The summed E-state index contributed by atoms with van der Waals surface area (Å²) in [7, 11) is 0. The maximum Gasteiger partial charge on any atom is 0.257 e. The van der Waals surface area contributed by atoms with E-state index in [1.54, 1.807) is 29.4 Å². The average molecular weight is 285 g/mol. The Kier molecular flexibility index (Phi) is 3.50. The molecule has 8 nitrogen and oxygen atoms in total. The molecule has 0 aliphatic heterocycles. The van der Waals surface area contributed by atoms with Crippen molar-refractivity contribution >= 4 is 11.9 Å². The lowest BCUT2D eigenvalue weighted by Crippen LogP contribution is -2.25. The minimum Gasteiger partial charge on any atom is -0.467 e. The molecule has 0 amide bonds. The molecule has 8 heteroatoms. The van der Waals surface area contributed by atoms with Crippen LogP contribution in [0.3, 0.4) is 0 Å². The van der Waals surface area contributed by atoms with Crippen LogP contribution in [0, 0.1) is 0 Å². The molecule has 0 atom stereocenters. The normalized spacial score (nSPS) is 10.7. The van der Waals surface area contributed by atoms with Gasteiger partial charge in [-0.3, -0.25) is 0 Å². The molecular formula is C13H15N7O. The highest BCUT2D eigenvalue weighted by molar-refractivity contribution is 5.37. The Morgan fingerprint density at radius 1 is 1.29 bits per heavy atom. The number of anilines is 2. The molecule has 0 unspecified atom stereocenters. The van der Waals surface area contributed by atoms with Crippen molar-refractivity contribution < 1.29 is 4.42 Å². The highest BCUT2D eigenvalue weighted by Crippen LogP contribution is 2.15. The maximum absolute atomic E-state index is 5.78. The number of nitrogens with two attached hydrogens (primary N) is 1. The quantitative estimate of drug-likeness (QED) is 0.753. The van der Waals surface area contributed by atoms with E-state index in [0.717, 1.165) is 5.76 Å². The number of hydrogen-bond acceptors (Lipinski definition) is 7. The first-order chi connectivity index (χ1) is 10.3. The largest absolute Gasteiger partial charge is 0.467 e. The van der Waals surface area contributed by atoms with E-state index >= 15 is 0 Å². The number of furan rings is 1. The van der Waals surface area contributed by atoms with Gasteiger partial charge in [0.05, 0.1) is 12.8 Å². The maximum atomic E-state index is 5.78. The van der Waals surface area contributed by atoms with Gasteiger partial charge in [-0.15, -0.1) is 0 Å². The standard InChI is InChI=1S/C13H15N7O/c1-2-19(9-10-5-3-8-21-10)12-16-11(14)17-13(18-12)20-7-4-6-15-20/h3-8H,2,9H2,1H3,(H2,14,16,17,18). The topological polar surface area (TPSA) is 98.9 Å².